The molecule has 0 bridgehead atoms. The Bertz CT molecular complexity index is 572. The number of anilines is 1. The summed E-state index contributed by atoms with van der Waals surface area (Å²) in [6.07, 6.45) is 0.732. The third-order valence-corrected chi connectivity index (χ3v) is 3.67. The molecule has 1 N–H and O–H groups in total. The van der Waals surface area contributed by atoms with Crippen molar-refractivity contribution in [2.24, 2.45) is 0 Å². The van der Waals surface area contributed by atoms with E-state index in [1.807, 2.05) is 0 Å². The predicted molar refractivity (Wildman–Crippen MR) is 79.3 cm³/mol. The molecule has 1 aliphatic heterocycles. The van der Waals surface area contributed by atoms with Crippen LogP contribution < -0.4 is 5.32 Å². The van der Waals surface area contributed by atoms with Gasteiger partial charge in [0.05, 0.1) is 10.7 Å². The summed E-state index contributed by atoms with van der Waals surface area (Å²) in [4.78, 5) is 37.5. The molecule has 0 aromatic heterocycles. The molecule has 8 heteroatoms. The van der Waals surface area contributed by atoms with E-state index in [1.54, 1.807) is 11.0 Å². The van der Waals surface area contributed by atoms with Crippen LogP contribution in [0.15, 0.2) is 18.2 Å². The minimum Gasteiger partial charge on any atom is -0.342 e. The van der Waals surface area contributed by atoms with E-state index < -0.39 is 11.8 Å². The van der Waals surface area contributed by atoms with Crippen molar-refractivity contribution in [1.82, 2.24) is 9.80 Å². The zero-order chi connectivity index (χ0) is 15.4. The van der Waals surface area contributed by atoms with Crippen molar-refractivity contribution in [1.29, 1.82) is 0 Å². The number of nitrogens with one attached hydrogen (secondary N) is 1. The van der Waals surface area contributed by atoms with Crippen LogP contribution in [0, 0.1) is 0 Å². The molecule has 1 heterocycles. The summed E-state index contributed by atoms with van der Waals surface area (Å²) < 4.78 is 0. The van der Waals surface area contributed by atoms with Crippen LogP contribution in [0.2, 0.25) is 10.0 Å². The van der Waals surface area contributed by atoms with E-state index in [0.717, 1.165) is 6.41 Å². The van der Waals surface area contributed by atoms with Gasteiger partial charge in [0, 0.05) is 31.2 Å². The number of halogens is 2. The van der Waals surface area contributed by atoms with E-state index in [1.165, 1.54) is 17.0 Å². The normalized spacial score (nSPS) is 14.8. The zero-order valence-corrected chi connectivity index (χ0v) is 12.5. The lowest BCUT2D eigenvalue weighted by atomic mass is 10.3. The second kappa shape index (κ2) is 6.78. The zero-order valence-electron chi connectivity index (χ0n) is 11.0. The summed E-state index contributed by atoms with van der Waals surface area (Å²) >= 11 is 11.7. The van der Waals surface area contributed by atoms with Crippen molar-refractivity contribution in [3.8, 4) is 0 Å². The van der Waals surface area contributed by atoms with Crippen LogP contribution >= 0.6 is 23.2 Å². The summed E-state index contributed by atoms with van der Waals surface area (Å²) in [5, 5.41) is 3.15. The highest BCUT2D eigenvalue weighted by molar-refractivity contribution is 6.42. The van der Waals surface area contributed by atoms with E-state index in [4.69, 9.17) is 23.2 Å². The molecule has 0 spiro atoms. The summed E-state index contributed by atoms with van der Waals surface area (Å²) in [5.74, 6) is -1.41. The lowest BCUT2D eigenvalue weighted by Crippen LogP contribution is -2.51. The number of benzene rings is 1. The summed E-state index contributed by atoms with van der Waals surface area (Å²) in [6, 6.07) is 4.57. The van der Waals surface area contributed by atoms with E-state index in [9.17, 15) is 14.4 Å². The molecule has 6 nitrogen and oxygen atoms in total. The van der Waals surface area contributed by atoms with Gasteiger partial charge in [0.15, 0.2) is 0 Å². The third kappa shape index (κ3) is 3.86. The van der Waals surface area contributed by atoms with Gasteiger partial charge in [-0.3, -0.25) is 14.4 Å². The minimum atomic E-state index is -0.765. The fourth-order valence-corrected chi connectivity index (χ4v) is 2.40. The number of carbonyl (C=O) groups excluding carboxylic acids is 3. The Labute approximate surface area is 131 Å². The molecule has 1 fully saturated rings. The lowest BCUT2D eigenvalue weighted by molar-refractivity contribution is -0.144. The van der Waals surface area contributed by atoms with Gasteiger partial charge >= 0.3 is 11.8 Å². The van der Waals surface area contributed by atoms with Gasteiger partial charge in [-0.25, -0.2) is 0 Å². The molecule has 1 aromatic carbocycles. The molecule has 0 atom stereocenters. The van der Waals surface area contributed by atoms with E-state index in [2.05, 4.69) is 5.32 Å². The average molecular weight is 330 g/mol. The van der Waals surface area contributed by atoms with Crippen molar-refractivity contribution in [3.63, 3.8) is 0 Å². The highest BCUT2D eigenvalue weighted by Crippen LogP contribution is 2.25. The molecular formula is C13H13Cl2N3O3. The molecule has 21 heavy (non-hydrogen) atoms. The quantitative estimate of drug-likeness (QED) is 0.655. The Morgan fingerprint density at radius 3 is 2.38 bits per heavy atom. The lowest BCUT2D eigenvalue weighted by Gasteiger charge is -2.32. The van der Waals surface area contributed by atoms with Crippen LogP contribution in [-0.4, -0.2) is 54.2 Å². The first-order valence-electron chi connectivity index (χ1n) is 6.26. The van der Waals surface area contributed by atoms with E-state index >= 15 is 0 Å². The maximum atomic E-state index is 12.0. The molecule has 1 saturated heterocycles. The number of nitrogens with zero attached hydrogens (tertiary/aromatic N) is 2. The van der Waals surface area contributed by atoms with Crippen LogP contribution in [0.1, 0.15) is 0 Å². The van der Waals surface area contributed by atoms with Crippen molar-refractivity contribution >= 4 is 47.1 Å². The number of hydrogen-bond acceptors (Lipinski definition) is 3. The first-order valence-corrected chi connectivity index (χ1v) is 7.01. The molecule has 112 valence electrons. The van der Waals surface area contributed by atoms with Crippen molar-refractivity contribution in [3.05, 3.63) is 28.2 Å². The predicted octanol–water partition coefficient (Wildman–Crippen LogP) is 1.23. The number of piperazine rings is 1. The third-order valence-electron chi connectivity index (χ3n) is 3.12. The Balaban J connectivity index is 1.97. The second-order valence-electron chi connectivity index (χ2n) is 4.51. The Morgan fingerprint density at radius 2 is 1.81 bits per heavy atom. The van der Waals surface area contributed by atoms with Crippen LogP contribution in [0.5, 0.6) is 0 Å². The van der Waals surface area contributed by atoms with Gasteiger partial charge in [0.2, 0.25) is 6.41 Å². The summed E-state index contributed by atoms with van der Waals surface area (Å²) in [6.45, 7) is 1.51. The molecule has 0 radical (unpaired) electrons. The number of rotatable bonds is 2. The van der Waals surface area contributed by atoms with Gasteiger partial charge in [0.1, 0.15) is 0 Å². The standard InChI is InChI=1S/C13H13Cl2N3O3/c14-9-1-2-11(10(15)7-9)16-12(20)13(21)18-5-3-17(8-19)4-6-18/h1-2,7-8H,3-6H2,(H,16,20). The van der Waals surface area contributed by atoms with Gasteiger partial charge in [0.25, 0.3) is 0 Å². The van der Waals surface area contributed by atoms with Crippen LogP contribution in [0.25, 0.3) is 0 Å². The molecule has 1 aliphatic rings. The largest absolute Gasteiger partial charge is 0.342 e. The summed E-state index contributed by atoms with van der Waals surface area (Å²) in [5.41, 5.74) is 0.325. The van der Waals surface area contributed by atoms with Crippen LogP contribution in [0.4, 0.5) is 5.69 Å². The Kier molecular flexibility index (Phi) is 5.03. The van der Waals surface area contributed by atoms with E-state index in [0.29, 0.717) is 36.9 Å². The van der Waals surface area contributed by atoms with Gasteiger partial charge in [-0.1, -0.05) is 23.2 Å². The number of amides is 3. The molecule has 0 saturated carbocycles. The molecule has 1 aromatic rings. The summed E-state index contributed by atoms with van der Waals surface area (Å²) in [7, 11) is 0. The van der Waals surface area contributed by atoms with Gasteiger partial charge in [-0.05, 0) is 18.2 Å². The number of hydrogen-bond donors (Lipinski definition) is 1. The fourth-order valence-electron chi connectivity index (χ4n) is 1.94. The Morgan fingerprint density at radius 1 is 1.14 bits per heavy atom. The van der Waals surface area contributed by atoms with Crippen LogP contribution in [-0.2, 0) is 14.4 Å². The minimum absolute atomic E-state index is 0.259. The molecule has 2 rings (SSSR count). The van der Waals surface area contributed by atoms with Crippen molar-refractivity contribution in [2.45, 2.75) is 0 Å². The highest BCUT2D eigenvalue weighted by atomic mass is 35.5. The molecule has 3 amide bonds. The fraction of sp³-hybridized carbons (Fsp3) is 0.308. The first-order chi connectivity index (χ1) is 10.0. The maximum absolute atomic E-state index is 12.0. The number of carbonyl (C=O) groups is 3. The maximum Gasteiger partial charge on any atom is 0.313 e. The highest BCUT2D eigenvalue weighted by Gasteiger charge is 2.25. The van der Waals surface area contributed by atoms with Crippen LogP contribution in [0.3, 0.4) is 0 Å². The molecule has 0 aliphatic carbocycles. The SMILES string of the molecule is O=CN1CCN(C(=O)C(=O)Nc2ccc(Cl)cc2Cl)CC1. The molecule has 0 unspecified atom stereocenters. The van der Waals surface area contributed by atoms with Gasteiger partial charge < -0.3 is 15.1 Å². The second-order valence-corrected chi connectivity index (χ2v) is 5.36. The van der Waals surface area contributed by atoms with Gasteiger partial charge in [-0.15, -0.1) is 0 Å². The smallest absolute Gasteiger partial charge is 0.313 e. The van der Waals surface area contributed by atoms with Gasteiger partial charge in [-0.2, -0.15) is 0 Å². The monoisotopic (exact) mass is 329 g/mol. The topological polar surface area (TPSA) is 69.7 Å². The average Bonchev–Trinajstić information content (AvgIpc) is 2.49. The molecular weight excluding hydrogens is 317 g/mol. The van der Waals surface area contributed by atoms with E-state index in [-0.39, 0.29) is 5.02 Å². The first kappa shape index (κ1) is 15.6. The van der Waals surface area contributed by atoms with Crippen molar-refractivity contribution < 1.29 is 14.4 Å². The van der Waals surface area contributed by atoms with Crippen molar-refractivity contribution in [2.75, 3.05) is 31.5 Å². The Hall–Kier alpha value is -1.79.